The van der Waals surface area contributed by atoms with Crippen LogP contribution < -0.4 is 0 Å². The Morgan fingerprint density at radius 3 is 2.84 bits per heavy atom. The molecule has 1 aliphatic rings. The average molecular weight is 243 g/mol. The molecule has 1 atom stereocenters. The molecule has 1 aromatic heterocycles. The van der Waals surface area contributed by atoms with Crippen molar-refractivity contribution in [3.63, 3.8) is 0 Å². The van der Waals surface area contributed by atoms with Crippen LogP contribution in [0.4, 0.5) is 0 Å². The van der Waals surface area contributed by atoms with E-state index >= 15 is 0 Å². The van der Waals surface area contributed by atoms with Crippen molar-refractivity contribution in [3.8, 4) is 0 Å². The van der Waals surface area contributed by atoms with Gasteiger partial charge in [-0.2, -0.15) is 0 Å². The number of allylic oxidation sites excluding steroid dienone is 1. The molecular formula is C17H14BN. The van der Waals surface area contributed by atoms with Crippen molar-refractivity contribution in [2.24, 2.45) is 0 Å². The summed E-state index contributed by atoms with van der Waals surface area (Å²) in [4.78, 5) is 0. The second-order valence-corrected chi connectivity index (χ2v) is 5.12. The van der Waals surface area contributed by atoms with E-state index in [1.54, 1.807) is 0 Å². The van der Waals surface area contributed by atoms with E-state index in [0.717, 1.165) is 6.54 Å². The van der Waals surface area contributed by atoms with Crippen molar-refractivity contribution in [1.82, 2.24) is 4.47 Å². The summed E-state index contributed by atoms with van der Waals surface area (Å²) >= 11 is 0. The van der Waals surface area contributed by atoms with E-state index in [9.17, 15) is 0 Å². The van der Waals surface area contributed by atoms with Gasteiger partial charge in [-0.05, 0) is 0 Å². The Kier molecular flexibility index (Phi) is 2.41. The number of fused-ring (bicyclic) bond motifs is 2. The molecule has 90 valence electrons. The topological polar surface area (TPSA) is 4.93 Å². The van der Waals surface area contributed by atoms with Crippen LogP contribution in [-0.2, 0) is 6.54 Å². The Morgan fingerprint density at radius 2 is 1.84 bits per heavy atom. The zero-order valence-electron chi connectivity index (χ0n) is 10.7. The fourth-order valence-electron chi connectivity index (χ4n) is 2.99. The first-order valence-electron chi connectivity index (χ1n) is 6.73. The molecule has 2 aromatic carbocycles. The van der Waals surface area contributed by atoms with Crippen LogP contribution >= 0.6 is 0 Å². The van der Waals surface area contributed by atoms with Gasteiger partial charge in [0.05, 0.1) is 0 Å². The van der Waals surface area contributed by atoms with Gasteiger partial charge >= 0.3 is 113 Å². The summed E-state index contributed by atoms with van der Waals surface area (Å²) in [6, 6.07) is 17.2. The van der Waals surface area contributed by atoms with Gasteiger partial charge in [0.1, 0.15) is 0 Å². The third-order valence-corrected chi connectivity index (χ3v) is 3.98. The maximum atomic E-state index is 2.35. The van der Waals surface area contributed by atoms with Crippen molar-refractivity contribution in [2.75, 3.05) is 0 Å². The Hall–Kier alpha value is -2.09. The van der Waals surface area contributed by atoms with Crippen LogP contribution in [0, 0.1) is 0 Å². The Bertz CT molecular complexity index is 770. The van der Waals surface area contributed by atoms with Crippen molar-refractivity contribution in [1.29, 1.82) is 0 Å². The van der Waals surface area contributed by atoms with E-state index in [2.05, 4.69) is 78.2 Å². The van der Waals surface area contributed by atoms with E-state index in [4.69, 9.17) is 0 Å². The first-order chi connectivity index (χ1) is 9.42. The van der Waals surface area contributed by atoms with Gasteiger partial charge in [-0.3, -0.25) is 0 Å². The van der Waals surface area contributed by atoms with Crippen molar-refractivity contribution >= 4 is 24.0 Å². The Balaban J connectivity index is 1.72. The van der Waals surface area contributed by atoms with Gasteiger partial charge in [0.2, 0.25) is 0 Å². The minimum absolute atomic E-state index is 0.493. The quantitative estimate of drug-likeness (QED) is 0.645. The van der Waals surface area contributed by atoms with Gasteiger partial charge in [0.25, 0.3) is 0 Å². The molecule has 0 saturated heterocycles. The molecule has 1 unspecified atom stereocenters. The van der Waals surface area contributed by atoms with Gasteiger partial charge in [0, 0.05) is 0 Å². The second kappa shape index (κ2) is 4.23. The second-order valence-electron chi connectivity index (χ2n) is 5.12. The van der Waals surface area contributed by atoms with E-state index in [1.165, 1.54) is 22.0 Å². The first-order valence-corrected chi connectivity index (χ1v) is 6.73. The van der Waals surface area contributed by atoms with Crippen LogP contribution in [-0.4, -0.2) is 11.5 Å². The number of para-hydroxylation sites is 1. The van der Waals surface area contributed by atoms with Crippen LogP contribution in [0.1, 0.15) is 17.0 Å². The van der Waals surface area contributed by atoms with E-state index < -0.39 is 0 Å². The summed E-state index contributed by atoms with van der Waals surface area (Å²) < 4.78 is 2.35. The normalized spacial score (nSPS) is 16.7. The van der Waals surface area contributed by atoms with E-state index in [-0.39, 0.29) is 0 Å². The van der Waals surface area contributed by atoms with Gasteiger partial charge in [0.15, 0.2) is 0 Å². The molecule has 2 heteroatoms. The molecule has 1 heterocycles. The molecule has 0 amide bonds. The van der Waals surface area contributed by atoms with Gasteiger partial charge in [-0.1, -0.05) is 0 Å². The molecule has 0 spiro atoms. The van der Waals surface area contributed by atoms with Crippen LogP contribution in [0.15, 0.2) is 60.6 Å². The Morgan fingerprint density at radius 1 is 1.00 bits per heavy atom. The van der Waals surface area contributed by atoms with Crippen molar-refractivity contribution in [2.45, 2.75) is 12.5 Å². The number of nitrogens with zero attached hydrogens (tertiary/aromatic N) is 1. The van der Waals surface area contributed by atoms with Crippen LogP contribution in [0.25, 0.3) is 17.0 Å². The van der Waals surface area contributed by atoms with Gasteiger partial charge < -0.3 is 0 Å². The Labute approximate surface area is 113 Å². The molecule has 0 aliphatic heterocycles. The number of benzene rings is 2. The predicted octanol–water partition coefficient (Wildman–Crippen LogP) is 3.79. The molecule has 1 aliphatic carbocycles. The number of rotatable bonds is 2. The van der Waals surface area contributed by atoms with Crippen LogP contribution in [0.5, 0.6) is 0 Å². The fourth-order valence-corrected chi connectivity index (χ4v) is 2.99. The van der Waals surface area contributed by atoms with Crippen molar-refractivity contribution < 1.29 is 0 Å². The zero-order chi connectivity index (χ0) is 12.7. The monoisotopic (exact) mass is 243 g/mol. The molecule has 4 rings (SSSR count). The molecule has 0 fully saturated rings. The zero-order valence-corrected chi connectivity index (χ0v) is 10.7. The third-order valence-electron chi connectivity index (χ3n) is 3.98. The van der Waals surface area contributed by atoms with Gasteiger partial charge in [-0.25, -0.2) is 0 Å². The summed E-state index contributed by atoms with van der Waals surface area (Å²) in [6.07, 6.45) is 4.56. The summed E-state index contributed by atoms with van der Waals surface area (Å²) in [5.74, 6) is 2.69. The summed E-state index contributed by atoms with van der Waals surface area (Å²) in [6.45, 7) is 1.01. The number of aromatic nitrogens is 1. The third kappa shape index (κ3) is 1.75. The molecule has 19 heavy (non-hydrogen) atoms. The predicted molar refractivity (Wildman–Crippen MR) is 81.5 cm³/mol. The molecular weight excluding hydrogens is 229 g/mol. The SMILES string of the molecule is b1cc2ccccc2n1CC1C=Cc2ccccc21. The maximum absolute atomic E-state index is 2.35. The summed E-state index contributed by atoms with van der Waals surface area (Å²) in [5, 5.41) is 1.32. The molecule has 3 aromatic rings. The standard InChI is InChI=1S/C17H14BN/c1-3-7-16-13(5-1)9-10-15(16)12-19-17-8-4-2-6-14(17)11-18-19/h1-11,15H,12H2. The average Bonchev–Trinajstić information content (AvgIpc) is 3.05. The minimum atomic E-state index is 0.493. The molecule has 0 radical (unpaired) electrons. The fraction of sp³-hybridized carbons (Fsp3) is 0.118. The van der Waals surface area contributed by atoms with E-state index in [0.29, 0.717) is 5.92 Å². The molecule has 1 nitrogen and oxygen atoms in total. The summed E-state index contributed by atoms with van der Waals surface area (Å²) in [5.41, 5.74) is 4.13. The van der Waals surface area contributed by atoms with Gasteiger partial charge in [-0.15, -0.1) is 0 Å². The molecule has 0 saturated carbocycles. The number of hydrogen-bond donors (Lipinski definition) is 0. The van der Waals surface area contributed by atoms with E-state index in [1.807, 2.05) is 0 Å². The van der Waals surface area contributed by atoms with Crippen LogP contribution in [0.2, 0.25) is 0 Å². The van der Waals surface area contributed by atoms with Crippen molar-refractivity contribution in [3.05, 3.63) is 71.7 Å². The van der Waals surface area contributed by atoms with Crippen LogP contribution in [0.3, 0.4) is 0 Å². The number of hydrogen-bond acceptors (Lipinski definition) is 0. The summed E-state index contributed by atoms with van der Waals surface area (Å²) in [7, 11) is 2.19. The molecule has 0 bridgehead atoms. The first kappa shape index (κ1) is 10.8. The molecule has 0 N–H and O–H groups in total.